The largest absolute Gasteiger partial charge is 0.492 e. The smallest absolute Gasteiger partial charge is 0.320 e. The fraction of sp³-hybridized carbons (Fsp3) is 0.350. The van der Waals surface area contributed by atoms with Crippen LogP contribution in [0.2, 0.25) is 0 Å². The summed E-state index contributed by atoms with van der Waals surface area (Å²) in [4.78, 5) is 14.7. The molecule has 2 aromatic carbocycles. The second-order valence-electron chi connectivity index (χ2n) is 6.81. The van der Waals surface area contributed by atoms with E-state index in [9.17, 15) is 4.79 Å². The molecule has 2 heterocycles. The van der Waals surface area contributed by atoms with Gasteiger partial charge in [0.2, 0.25) is 12.5 Å². The van der Waals surface area contributed by atoms with E-state index in [1.165, 1.54) is 0 Å². The summed E-state index contributed by atoms with van der Waals surface area (Å²) < 4.78 is 16.8. The number of fused-ring (bicyclic) bond motifs is 2. The number of hydrogen-bond donors (Lipinski definition) is 2. The Morgan fingerprint density at radius 2 is 2.04 bits per heavy atom. The summed E-state index contributed by atoms with van der Waals surface area (Å²) in [6.45, 7) is 3.00. The van der Waals surface area contributed by atoms with E-state index in [0.717, 1.165) is 35.3 Å². The average Bonchev–Trinajstić information content (AvgIpc) is 3.12. The Kier molecular flexibility index (Phi) is 4.53. The molecule has 0 spiro atoms. The zero-order valence-corrected chi connectivity index (χ0v) is 15.7. The third kappa shape index (κ3) is 3.26. The first kappa shape index (κ1) is 17.5. The molecule has 0 aromatic heterocycles. The zero-order chi connectivity index (χ0) is 19.0. The lowest BCUT2D eigenvalue weighted by molar-refractivity contribution is 0.169. The second-order valence-corrected chi connectivity index (χ2v) is 6.81. The van der Waals surface area contributed by atoms with Crippen LogP contribution in [0.5, 0.6) is 17.2 Å². The number of anilines is 1. The van der Waals surface area contributed by atoms with Crippen LogP contribution in [0.3, 0.4) is 0 Å². The Bertz CT molecular complexity index is 867. The van der Waals surface area contributed by atoms with Crippen molar-refractivity contribution in [1.82, 2.24) is 10.2 Å². The molecule has 0 saturated heterocycles. The Balaban J connectivity index is 1.62. The number of ether oxygens (including phenoxy) is 3. The minimum absolute atomic E-state index is 0.177. The second kappa shape index (κ2) is 7.00. The van der Waals surface area contributed by atoms with Gasteiger partial charge in [-0.15, -0.1) is 0 Å². The molecular weight excluding hydrogens is 346 g/mol. The van der Waals surface area contributed by atoms with Gasteiger partial charge in [-0.3, -0.25) is 4.90 Å². The summed E-state index contributed by atoms with van der Waals surface area (Å²) in [6, 6.07) is 9.39. The third-order valence-electron chi connectivity index (χ3n) is 4.97. The first-order chi connectivity index (χ1) is 13.1. The Morgan fingerprint density at radius 3 is 2.78 bits per heavy atom. The number of rotatable bonds is 3. The number of carbonyl (C=O) groups excluding carboxylic acids is 1. The van der Waals surface area contributed by atoms with Crippen molar-refractivity contribution in [2.75, 3.05) is 32.8 Å². The molecule has 4 rings (SSSR count). The number of benzene rings is 2. The van der Waals surface area contributed by atoms with Gasteiger partial charge in [0, 0.05) is 17.8 Å². The van der Waals surface area contributed by atoms with Gasteiger partial charge in [0.15, 0.2) is 11.5 Å². The van der Waals surface area contributed by atoms with Crippen molar-refractivity contribution in [2.24, 2.45) is 0 Å². The molecule has 0 fully saturated rings. The predicted octanol–water partition coefficient (Wildman–Crippen LogP) is 3.04. The lowest BCUT2D eigenvalue weighted by Gasteiger charge is -2.36. The van der Waals surface area contributed by atoms with Crippen LogP contribution in [0, 0.1) is 6.92 Å². The van der Waals surface area contributed by atoms with E-state index < -0.39 is 0 Å². The first-order valence-electron chi connectivity index (χ1n) is 8.90. The molecule has 0 bridgehead atoms. The number of hydrogen-bond acceptors (Lipinski definition) is 5. The van der Waals surface area contributed by atoms with Crippen LogP contribution >= 0.6 is 0 Å². The quantitative estimate of drug-likeness (QED) is 0.870. The van der Waals surface area contributed by atoms with Crippen molar-refractivity contribution in [3.05, 3.63) is 47.0 Å². The average molecular weight is 369 g/mol. The van der Waals surface area contributed by atoms with Crippen molar-refractivity contribution in [3.8, 4) is 17.2 Å². The molecule has 0 unspecified atom stereocenters. The van der Waals surface area contributed by atoms with Crippen molar-refractivity contribution in [3.63, 3.8) is 0 Å². The van der Waals surface area contributed by atoms with Crippen LogP contribution in [0.25, 0.3) is 0 Å². The molecular formula is C20H23N3O4. The number of amides is 2. The van der Waals surface area contributed by atoms with Crippen LogP contribution in [-0.4, -0.2) is 38.4 Å². The molecule has 0 saturated carbocycles. The van der Waals surface area contributed by atoms with Crippen LogP contribution in [0.1, 0.15) is 22.9 Å². The molecule has 142 valence electrons. The number of nitrogens with one attached hydrogen (secondary N) is 2. The highest BCUT2D eigenvalue weighted by atomic mass is 16.7. The number of methoxy groups -OCH3 is 1. The van der Waals surface area contributed by atoms with E-state index in [1.807, 2.05) is 44.3 Å². The van der Waals surface area contributed by atoms with E-state index in [0.29, 0.717) is 17.2 Å². The summed E-state index contributed by atoms with van der Waals surface area (Å²) in [6.07, 6.45) is 0.514. The van der Waals surface area contributed by atoms with E-state index in [-0.39, 0.29) is 19.0 Å². The fourth-order valence-corrected chi connectivity index (χ4v) is 3.54. The molecule has 2 N–H and O–H groups in total. The number of urea groups is 1. The third-order valence-corrected chi connectivity index (χ3v) is 4.97. The Morgan fingerprint density at radius 1 is 1.26 bits per heavy atom. The molecule has 7 heteroatoms. The molecule has 27 heavy (non-hydrogen) atoms. The van der Waals surface area contributed by atoms with Gasteiger partial charge >= 0.3 is 6.03 Å². The highest BCUT2D eigenvalue weighted by molar-refractivity contribution is 5.89. The van der Waals surface area contributed by atoms with Crippen molar-refractivity contribution in [1.29, 1.82) is 0 Å². The number of aryl methyl sites for hydroxylation is 1. The van der Waals surface area contributed by atoms with Crippen LogP contribution in [0.15, 0.2) is 30.3 Å². The summed E-state index contributed by atoms with van der Waals surface area (Å²) in [5.74, 6) is 1.91. The maximum absolute atomic E-state index is 12.6. The van der Waals surface area contributed by atoms with Gasteiger partial charge in [-0.05, 0) is 44.2 Å². The standard InChI is InChI=1S/C20H23N3O4/c1-12-4-6-14(7-5-12)21-20(24)22-19-16-13(8-9-23(19)2)10-15-17(18(16)25-3)27-11-26-15/h4-7,10,19H,8-9,11H2,1-3H3,(H2,21,22,24)/t19-/m1/s1. The molecule has 0 aliphatic carbocycles. The van der Waals surface area contributed by atoms with E-state index in [2.05, 4.69) is 15.5 Å². The first-order valence-corrected chi connectivity index (χ1v) is 8.90. The zero-order valence-electron chi connectivity index (χ0n) is 15.7. The lowest BCUT2D eigenvalue weighted by atomic mass is 9.95. The van der Waals surface area contributed by atoms with Gasteiger partial charge in [0.1, 0.15) is 6.17 Å². The van der Waals surface area contributed by atoms with Gasteiger partial charge in [-0.25, -0.2) is 4.79 Å². The monoisotopic (exact) mass is 369 g/mol. The predicted molar refractivity (Wildman–Crippen MR) is 102 cm³/mol. The fourth-order valence-electron chi connectivity index (χ4n) is 3.54. The summed E-state index contributed by atoms with van der Waals surface area (Å²) in [5.41, 5.74) is 3.89. The van der Waals surface area contributed by atoms with Gasteiger partial charge in [-0.2, -0.15) is 0 Å². The summed E-state index contributed by atoms with van der Waals surface area (Å²) in [5, 5.41) is 5.94. The van der Waals surface area contributed by atoms with Crippen molar-refractivity contribution < 1.29 is 19.0 Å². The maximum atomic E-state index is 12.6. The number of nitrogens with zero attached hydrogens (tertiary/aromatic N) is 1. The van der Waals surface area contributed by atoms with Gasteiger partial charge < -0.3 is 24.8 Å². The molecule has 2 aliphatic rings. The maximum Gasteiger partial charge on any atom is 0.320 e. The molecule has 7 nitrogen and oxygen atoms in total. The highest BCUT2D eigenvalue weighted by Gasteiger charge is 2.34. The van der Waals surface area contributed by atoms with Crippen molar-refractivity contribution in [2.45, 2.75) is 19.5 Å². The molecule has 2 amide bonds. The minimum atomic E-state index is -0.330. The highest BCUT2D eigenvalue weighted by Crippen LogP contribution is 2.48. The van der Waals surface area contributed by atoms with Crippen LogP contribution < -0.4 is 24.8 Å². The lowest BCUT2D eigenvalue weighted by Crippen LogP contribution is -2.45. The molecule has 2 aromatic rings. The molecule has 1 atom stereocenters. The molecule has 0 radical (unpaired) electrons. The summed E-state index contributed by atoms with van der Waals surface area (Å²) >= 11 is 0. The topological polar surface area (TPSA) is 72.1 Å². The Hall–Kier alpha value is -2.93. The number of carbonyl (C=O) groups is 1. The summed E-state index contributed by atoms with van der Waals surface area (Å²) in [7, 11) is 3.58. The van der Waals surface area contributed by atoms with Crippen LogP contribution in [-0.2, 0) is 6.42 Å². The van der Waals surface area contributed by atoms with E-state index >= 15 is 0 Å². The number of likely N-dealkylation sites (N-methyl/N-ethyl adjacent to an activating group) is 1. The van der Waals surface area contributed by atoms with Gasteiger partial charge in [0.05, 0.1) is 7.11 Å². The van der Waals surface area contributed by atoms with Crippen LogP contribution in [0.4, 0.5) is 10.5 Å². The van der Waals surface area contributed by atoms with Gasteiger partial charge in [0.25, 0.3) is 0 Å². The van der Waals surface area contributed by atoms with Crippen molar-refractivity contribution >= 4 is 11.7 Å². The SMILES string of the molecule is COc1c2c(cc3c1[C@H](NC(=O)Nc1ccc(C)cc1)N(C)CC3)OCO2. The van der Waals surface area contributed by atoms with E-state index in [4.69, 9.17) is 14.2 Å². The van der Waals surface area contributed by atoms with E-state index in [1.54, 1.807) is 7.11 Å². The normalized spacial score (nSPS) is 18.0. The van der Waals surface area contributed by atoms with Gasteiger partial charge in [-0.1, -0.05) is 17.7 Å². The minimum Gasteiger partial charge on any atom is -0.492 e. The Labute approximate surface area is 158 Å². The molecule has 2 aliphatic heterocycles.